The molecule has 0 saturated carbocycles. The van der Waals surface area contributed by atoms with E-state index in [1.165, 1.54) is 18.5 Å². The lowest BCUT2D eigenvalue weighted by Gasteiger charge is -2.26. The number of aromatic amines is 1. The third-order valence-electron chi connectivity index (χ3n) is 7.21. The smallest absolute Gasteiger partial charge is 0.255 e. The molecule has 6 heteroatoms. The van der Waals surface area contributed by atoms with Crippen molar-refractivity contribution in [1.82, 2.24) is 9.88 Å². The number of carbonyl (C=O) groups is 2. The average Bonchev–Trinajstić information content (AvgIpc) is 3.58. The quantitative estimate of drug-likeness (QED) is 0.423. The molecule has 3 aromatic carbocycles. The van der Waals surface area contributed by atoms with E-state index < -0.39 is 0 Å². The molecule has 0 spiro atoms. The van der Waals surface area contributed by atoms with Crippen LogP contribution in [0.1, 0.15) is 46.1 Å². The maximum absolute atomic E-state index is 13.5. The maximum atomic E-state index is 13.5. The van der Waals surface area contributed by atoms with Crippen LogP contribution in [-0.2, 0) is 4.79 Å². The Morgan fingerprint density at radius 3 is 2.49 bits per heavy atom. The number of anilines is 2. The largest absolute Gasteiger partial charge is 0.372 e. The molecule has 6 rings (SSSR count). The van der Waals surface area contributed by atoms with E-state index in [-0.39, 0.29) is 24.4 Å². The molecule has 0 radical (unpaired) electrons. The van der Waals surface area contributed by atoms with Crippen molar-refractivity contribution in [2.24, 2.45) is 0 Å². The fourth-order valence-corrected chi connectivity index (χ4v) is 5.58. The third kappa shape index (κ3) is 3.75. The van der Waals surface area contributed by atoms with Crippen LogP contribution >= 0.6 is 0 Å². The Morgan fingerprint density at radius 2 is 1.69 bits per heavy atom. The lowest BCUT2D eigenvalue weighted by atomic mass is 9.95. The van der Waals surface area contributed by atoms with E-state index in [4.69, 9.17) is 0 Å². The molecule has 1 atom stereocenters. The van der Waals surface area contributed by atoms with E-state index in [1.807, 2.05) is 61.5 Å². The van der Waals surface area contributed by atoms with Crippen molar-refractivity contribution >= 4 is 34.1 Å². The monoisotopic (exact) mass is 464 g/mol. The highest BCUT2D eigenvalue weighted by Crippen LogP contribution is 2.42. The number of para-hydroxylation sites is 1. The Morgan fingerprint density at radius 1 is 0.971 bits per heavy atom. The minimum atomic E-state index is -0.321. The van der Waals surface area contributed by atoms with Gasteiger partial charge in [-0.05, 0) is 61.7 Å². The minimum absolute atomic E-state index is 0.0228. The molecule has 1 unspecified atom stereocenters. The molecule has 2 aliphatic rings. The Kier molecular flexibility index (Phi) is 5.29. The van der Waals surface area contributed by atoms with E-state index in [0.29, 0.717) is 5.56 Å². The molecule has 0 bridgehead atoms. The average molecular weight is 465 g/mol. The summed E-state index contributed by atoms with van der Waals surface area (Å²) in [6.45, 7) is 4.17. The summed E-state index contributed by atoms with van der Waals surface area (Å²) in [5, 5.41) is 4.06. The molecule has 6 nitrogen and oxygen atoms in total. The summed E-state index contributed by atoms with van der Waals surface area (Å²) in [7, 11) is 0. The topological polar surface area (TPSA) is 68.4 Å². The van der Waals surface area contributed by atoms with Crippen LogP contribution in [0.4, 0.5) is 11.4 Å². The number of fused-ring (bicyclic) bond motifs is 2. The predicted octanol–water partition coefficient (Wildman–Crippen LogP) is 5.26. The molecule has 4 aromatic rings. The van der Waals surface area contributed by atoms with Gasteiger partial charge in [0.2, 0.25) is 5.91 Å². The van der Waals surface area contributed by atoms with Gasteiger partial charge >= 0.3 is 0 Å². The minimum Gasteiger partial charge on any atom is -0.372 e. The van der Waals surface area contributed by atoms with Gasteiger partial charge in [-0.25, -0.2) is 0 Å². The Labute approximate surface area is 204 Å². The van der Waals surface area contributed by atoms with Gasteiger partial charge in [0, 0.05) is 52.2 Å². The number of hydrogen-bond acceptors (Lipinski definition) is 3. The van der Waals surface area contributed by atoms with Gasteiger partial charge in [-0.1, -0.05) is 36.4 Å². The van der Waals surface area contributed by atoms with E-state index >= 15 is 0 Å². The highest BCUT2D eigenvalue weighted by atomic mass is 16.2. The molecule has 1 aromatic heterocycles. The van der Waals surface area contributed by atoms with Gasteiger partial charge in [-0.15, -0.1) is 0 Å². The Hall–Kier alpha value is -4.06. The van der Waals surface area contributed by atoms with Crippen LogP contribution < -0.4 is 10.2 Å². The van der Waals surface area contributed by atoms with Gasteiger partial charge < -0.3 is 20.1 Å². The van der Waals surface area contributed by atoms with Crippen LogP contribution in [-0.4, -0.2) is 41.3 Å². The summed E-state index contributed by atoms with van der Waals surface area (Å²) < 4.78 is 0. The molecular formula is C29H28N4O2. The van der Waals surface area contributed by atoms with Crippen LogP contribution in [0.25, 0.3) is 10.9 Å². The first-order valence-electron chi connectivity index (χ1n) is 12.2. The third-order valence-corrected chi connectivity index (χ3v) is 7.21. The van der Waals surface area contributed by atoms with Crippen molar-refractivity contribution in [3.05, 3.63) is 95.2 Å². The van der Waals surface area contributed by atoms with Gasteiger partial charge in [0.05, 0.1) is 6.04 Å². The number of nitrogens with zero attached hydrogens (tertiary/aromatic N) is 2. The van der Waals surface area contributed by atoms with E-state index in [1.54, 1.807) is 4.90 Å². The second kappa shape index (κ2) is 8.62. The second-order valence-corrected chi connectivity index (χ2v) is 9.42. The molecule has 176 valence electrons. The molecule has 1 fully saturated rings. The van der Waals surface area contributed by atoms with Crippen molar-refractivity contribution < 1.29 is 9.59 Å². The number of aryl methyl sites for hydroxylation is 1. The van der Waals surface area contributed by atoms with Crippen LogP contribution in [0.3, 0.4) is 0 Å². The molecule has 2 N–H and O–H groups in total. The first-order chi connectivity index (χ1) is 17.1. The fraction of sp³-hybridized carbons (Fsp3) is 0.241. The molecular weight excluding hydrogens is 436 g/mol. The van der Waals surface area contributed by atoms with Crippen molar-refractivity contribution in [2.75, 3.05) is 29.9 Å². The summed E-state index contributed by atoms with van der Waals surface area (Å²) >= 11 is 0. The van der Waals surface area contributed by atoms with E-state index in [0.717, 1.165) is 46.5 Å². The van der Waals surface area contributed by atoms with Crippen LogP contribution in [0, 0.1) is 6.92 Å². The molecule has 1 saturated heterocycles. The predicted molar refractivity (Wildman–Crippen MR) is 139 cm³/mol. The van der Waals surface area contributed by atoms with Gasteiger partial charge in [0.25, 0.3) is 5.91 Å². The number of H-pyrrole nitrogens is 1. The molecule has 3 heterocycles. The number of nitrogens with one attached hydrogen (secondary N) is 2. The molecule has 2 aliphatic heterocycles. The van der Waals surface area contributed by atoms with Crippen LogP contribution in [0.15, 0.2) is 72.8 Å². The zero-order valence-electron chi connectivity index (χ0n) is 19.8. The van der Waals surface area contributed by atoms with E-state index in [9.17, 15) is 9.59 Å². The number of hydrogen-bond donors (Lipinski definition) is 2. The molecule has 2 amide bonds. The van der Waals surface area contributed by atoms with Gasteiger partial charge in [0.1, 0.15) is 6.54 Å². The van der Waals surface area contributed by atoms with Crippen molar-refractivity contribution in [1.29, 1.82) is 0 Å². The van der Waals surface area contributed by atoms with Crippen molar-refractivity contribution in [3.63, 3.8) is 0 Å². The summed E-state index contributed by atoms with van der Waals surface area (Å²) in [6, 6.07) is 23.4. The SMILES string of the molecule is Cc1[nH]c2ccccc2c1C1c2ccccc2C(=O)N1CC(=O)Nc1ccc(N2CCCC2)cc1. The second-order valence-electron chi connectivity index (χ2n) is 9.42. The number of benzene rings is 3. The highest BCUT2D eigenvalue weighted by molar-refractivity contribution is 6.04. The van der Waals surface area contributed by atoms with Gasteiger partial charge in [-0.2, -0.15) is 0 Å². The van der Waals surface area contributed by atoms with Crippen LogP contribution in [0.2, 0.25) is 0 Å². The van der Waals surface area contributed by atoms with Crippen molar-refractivity contribution in [2.45, 2.75) is 25.8 Å². The summed E-state index contributed by atoms with van der Waals surface area (Å²) in [5.74, 6) is -0.322. The Balaban J connectivity index is 1.28. The normalized spacial score (nSPS) is 17.3. The summed E-state index contributed by atoms with van der Waals surface area (Å²) in [4.78, 5) is 34.1. The Bertz CT molecular complexity index is 1420. The molecule has 35 heavy (non-hydrogen) atoms. The molecule has 0 aliphatic carbocycles. The van der Waals surface area contributed by atoms with Crippen molar-refractivity contribution in [3.8, 4) is 0 Å². The number of aromatic nitrogens is 1. The fourth-order valence-electron chi connectivity index (χ4n) is 5.58. The summed E-state index contributed by atoms with van der Waals surface area (Å²) in [5.41, 5.74) is 6.59. The first-order valence-corrected chi connectivity index (χ1v) is 12.2. The van der Waals surface area contributed by atoms with Gasteiger partial charge in [0.15, 0.2) is 0 Å². The van der Waals surface area contributed by atoms with E-state index in [2.05, 4.69) is 33.4 Å². The zero-order valence-corrected chi connectivity index (χ0v) is 19.8. The lowest BCUT2D eigenvalue weighted by Crippen LogP contribution is -2.36. The lowest BCUT2D eigenvalue weighted by molar-refractivity contribution is -0.117. The van der Waals surface area contributed by atoms with Crippen LogP contribution in [0.5, 0.6) is 0 Å². The first kappa shape index (κ1) is 21.5. The highest BCUT2D eigenvalue weighted by Gasteiger charge is 2.40. The zero-order chi connectivity index (χ0) is 23.9. The standard InChI is InChI=1S/C29H28N4O2/c1-19-27(24-10-4-5-11-25(24)30-19)28-22-8-2-3-9-23(22)29(35)33(28)18-26(34)31-20-12-14-21(15-13-20)32-16-6-7-17-32/h2-5,8-15,28,30H,6-7,16-18H2,1H3,(H,31,34). The maximum Gasteiger partial charge on any atom is 0.255 e. The number of carbonyl (C=O) groups excluding carboxylic acids is 2. The summed E-state index contributed by atoms with van der Waals surface area (Å²) in [6.07, 6.45) is 2.45. The van der Waals surface area contributed by atoms with Gasteiger partial charge in [-0.3, -0.25) is 9.59 Å². The number of rotatable bonds is 5. The number of amides is 2.